The van der Waals surface area contributed by atoms with Gasteiger partial charge < -0.3 is 15.4 Å². The molecule has 1 unspecified atom stereocenters. The molecule has 21 heavy (non-hydrogen) atoms. The highest BCUT2D eigenvalue weighted by molar-refractivity contribution is 9.10. The summed E-state index contributed by atoms with van der Waals surface area (Å²) in [5, 5.41) is 6.18. The second-order valence-electron chi connectivity index (χ2n) is 5.53. The number of nitrogens with one attached hydrogen (secondary N) is 2. The molecule has 1 aromatic carbocycles. The van der Waals surface area contributed by atoms with Crippen LogP contribution in [0.15, 0.2) is 22.7 Å². The van der Waals surface area contributed by atoms with Crippen LogP contribution in [-0.2, 0) is 11.3 Å². The van der Waals surface area contributed by atoms with Crippen LogP contribution < -0.4 is 15.4 Å². The Morgan fingerprint density at radius 3 is 2.81 bits per heavy atom. The number of benzene rings is 1. The molecular formula is C16H23BrN2O2. The summed E-state index contributed by atoms with van der Waals surface area (Å²) in [4.78, 5) is 12.2. The Hall–Kier alpha value is -1.07. The Morgan fingerprint density at radius 2 is 2.14 bits per heavy atom. The van der Waals surface area contributed by atoms with Gasteiger partial charge in [-0.25, -0.2) is 0 Å². The van der Waals surface area contributed by atoms with Crippen molar-refractivity contribution in [1.82, 2.24) is 10.6 Å². The van der Waals surface area contributed by atoms with E-state index in [2.05, 4.69) is 26.6 Å². The fraction of sp³-hybridized carbons (Fsp3) is 0.562. The van der Waals surface area contributed by atoms with E-state index < -0.39 is 6.10 Å². The van der Waals surface area contributed by atoms with Gasteiger partial charge in [0.15, 0.2) is 6.10 Å². The summed E-state index contributed by atoms with van der Waals surface area (Å²) in [6.07, 6.45) is 4.10. The van der Waals surface area contributed by atoms with Gasteiger partial charge in [0.1, 0.15) is 5.75 Å². The van der Waals surface area contributed by atoms with Crippen molar-refractivity contribution in [2.24, 2.45) is 0 Å². The summed E-state index contributed by atoms with van der Waals surface area (Å²) < 4.78 is 6.86. The van der Waals surface area contributed by atoms with Crippen molar-refractivity contribution in [3.05, 3.63) is 28.2 Å². The summed E-state index contributed by atoms with van der Waals surface area (Å²) in [6.45, 7) is 2.50. The summed E-state index contributed by atoms with van der Waals surface area (Å²) >= 11 is 3.46. The summed E-state index contributed by atoms with van der Waals surface area (Å²) in [5.41, 5.74) is 1.03. The minimum absolute atomic E-state index is 0.0276. The van der Waals surface area contributed by atoms with Crippen molar-refractivity contribution < 1.29 is 9.53 Å². The van der Waals surface area contributed by atoms with E-state index >= 15 is 0 Å². The maximum atomic E-state index is 12.2. The van der Waals surface area contributed by atoms with E-state index in [0.29, 0.717) is 12.6 Å². The van der Waals surface area contributed by atoms with Gasteiger partial charge in [-0.05, 0) is 45.0 Å². The molecule has 5 heteroatoms. The fourth-order valence-electron chi connectivity index (χ4n) is 2.62. The molecule has 116 valence electrons. The van der Waals surface area contributed by atoms with Gasteiger partial charge in [-0.2, -0.15) is 0 Å². The van der Waals surface area contributed by atoms with Crippen molar-refractivity contribution in [3.63, 3.8) is 0 Å². The predicted molar refractivity (Wildman–Crippen MR) is 87.4 cm³/mol. The highest BCUT2D eigenvalue weighted by Gasteiger charge is 2.22. The van der Waals surface area contributed by atoms with Gasteiger partial charge >= 0.3 is 0 Å². The lowest BCUT2D eigenvalue weighted by Crippen LogP contribution is -2.41. The van der Waals surface area contributed by atoms with Crippen molar-refractivity contribution in [2.45, 2.75) is 51.3 Å². The van der Waals surface area contributed by atoms with Crippen LogP contribution in [0.2, 0.25) is 0 Å². The molecular weight excluding hydrogens is 332 g/mol. The average Bonchev–Trinajstić information content (AvgIpc) is 2.95. The van der Waals surface area contributed by atoms with Gasteiger partial charge in [-0.3, -0.25) is 4.79 Å². The smallest absolute Gasteiger partial charge is 0.260 e. The molecule has 1 aliphatic rings. The molecule has 1 atom stereocenters. The van der Waals surface area contributed by atoms with Gasteiger partial charge in [0, 0.05) is 22.6 Å². The van der Waals surface area contributed by atoms with Gasteiger partial charge in [-0.15, -0.1) is 0 Å². The number of amides is 1. The molecule has 0 spiro atoms. The Balaban J connectivity index is 1.97. The second kappa shape index (κ2) is 7.80. The number of rotatable bonds is 6. The van der Waals surface area contributed by atoms with E-state index in [1.165, 1.54) is 12.8 Å². The van der Waals surface area contributed by atoms with E-state index in [9.17, 15) is 4.79 Å². The number of carbonyl (C=O) groups is 1. The summed E-state index contributed by atoms with van der Waals surface area (Å²) in [5.74, 6) is 0.724. The number of hydrogen-bond acceptors (Lipinski definition) is 3. The van der Waals surface area contributed by atoms with Gasteiger partial charge in [0.2, 0.25) is 0 Å². The molecule has 0 bridgehead atoms. The quantitative estimate of drug-likeness (QED) is 0.825. The van der Waals surface area contributed by atoms with E-state index in [-0.39, 0.29) is 5.91 Å². The zero-order valence-corrected chi connectivity index (χ0v) is 14.2. The predicted octanol–water partition coefficient (Wildman–Crippen LogP) is 2.99. The van der Waals surface area contributed by atoms with Crippen LogP contribution in [0, 0.1) is 0 Å². The minimum atomic E-state index is -0.484. The molecule has 0 aromatic heterocycles. The molecule has 0 saturated heterocycles. The third-order valence-electron chi connectivity index (χ3n) is 3.76. The normalized spacial score (nSPS) is 16.7. The topological polar surface area (TPSA) is 50.4 Å². The van der Waals surface area contributed by atoms with Crippen LogP contribution in [0.5, 0.6) is 5.75 Å². The van der Waals surface area contributed by atoms with Crippen molar-refractivity contribution >= 4 is 21.8 Å². The summed E-state index contributed by atoms with van der Waals surface area (Å²) in [7, 11) is 1.89. The molecule has 1 saturated carbocycles. The third kappa shape index (κ3) is 4.71. The van der Waals surface area contributed by atoms with Crippen LogP contribution >= 0.6 is 15.9 Å². The summed E-state index contributed by atoms with van der Waals surface area (Å²) in [6, 6.07) is 6.16. The second-order valence-corrected chi connectivity index (χ2v) is 6.45. The van der Waals surface area contributed by atoms with Gasteiger partial charge in [-0.1, -0.05) is 28.8 Å². The first-order valence-electron chi connectivity index (χ1n) is 7.50. The molecule has 1 amide bonds. The maximum Gasteiger partial charge on any atom is 0.260 e. The Kier molecular flexibility index (Phi) is 6.06. The van der Waals surface area contributed by atoms with E-state index in [0.717, 1.165) is 28.6 Å². The van der Waals surface area contributed by atoms with E-state index in [1.807, 2.05) is 25.2 Å². The molecule has 2 rings (SSSR count). The molecule has 4 nitrogen and oxygen atoms in total. The lowest BCUT2D eigenvalue weighted by Gasteiger charge is -2.19. The number of ether oxygens (including phenoxy) is 1. The maximum absolute atomic E-state index is 12.2. The largest absolute Gasteiger partial charge is 0.481 e. The molecule has 1 aliphatic carbocycles. The van der Waals surface area contributed by atoms with Crippen LogP contribution in [0.4, 0.5) is 0 Å². The molecule has 0 aliphatic heterocycles. The number of carbonyl (C=O) groups excluding carboxylic acids is 1. The zero-order chi connectivity index (χ0) is 15.2. The first kappa shape index (κ1) is 16.3. The van der Waals surface area contributed by atoms with Crippen LogP contribution in [0.25, 0.3) is 0 Å². The average molecular weight is 355 g/mol. The number of halogens is 1. The first-order valence-corrected chi connectivity index (χ1v) is 8.29. The molecule has 1 fully saturated rings. The van der Waals surface area contributed by atoms with Gasteiger partial charge in [0.05, 0.1) is 0 Å². The van der Waals surface area contributed by atoms with Crippen molar-refractivity contribution in [2.75, 3.05) is 7.05 Å². The lowest BCUT2D eigenvalue weighted by atomic mass is 10.2. The van der Waals surface area contributed by atoms with Crippen LogP contribution in [-0.4, -0.2) is 25.1 Å². The third-order valence-corrected chi connectivity index (χ3v) is 4.26. The monoisotopic (exact) mass is 354 g/mol. The fourth-order valence-corrected chi connectivity index (χ4v) is 3.03. The minimum Gasteiger partial charge on any atom is -0.481 e. The highest BCUT2D eigenvalue weighted by Crippen LogP contribution is 2.24. The van der Waals surface area contributed by atoms with Gasteiger partial charge in [0.25, 0.3) is 5.91 Å². The zero-order valence-electron chi connectivity index (χ0n) is 12.6. The van der Waals surface area contributed by atoms with Crippen LogP contribution in [0.3, 0.4) is 0 Å². The standard InChI is InChI=1S/C16H23BrN2O2/c1-11(16(20)19-14-5-3-4-6-14)21-15-8-7-13(17)9-12(15)10-18-2/h7-9,11,14,18H,3-6,10H2,1-2H3,(H,19,20). The van der Waals surface area contributed by atoms with E-state index in [1.54, 1.807) is 6.92 Å². The molecule has 0 heterocycles. The van der Waals surface area contributed by atoms with Crippen molar-refractivity contribution in [3.8, 4) is 5.75 Å². The Morgan fingerprint density at radius 1 is 1.43 bits per heavy atom. The van der Waals surface area contributed by atoms with E-state index in [4.69, 9.17) is 4.74 Å². The van der Waals surface area contributed by atoms with Crippen LogP contribution in [0.1, 0.15) is 38.2 Å². The Bertz CT molecular complexity index is 487. The number of hydrogen-bond donors (Lipinski definition) is 2. The molecule has 1 aromatic rings. The first-order chi connectivity index (χ1) is 10.1. The lowest BCUT2D eigenvalue weighted by molar-refractivity contribution is -0.128. The SMILES string of the molecule is CNCc1cc(Br)ccc1OC(C)C(=O)NC1CCCC1. The highest BCUT2D eigenvalue weighted by atomic mass is 79.9. The van der Waals surface area contributed by atoms with Crippen molar-refractivity contribution in [1.29, 1.82) is 0 Å². The Labute approximate surface area is 134 Å². The molecule has 2 N–H and O–H groups in total. The molecule has 0 radical (unpaired) electrons.